The minimum Gasteiger partial charge on any atom is -0.497 e. The fourth-order valence-corrected chi connectivity index (χ4v) is 4.52. The van der Waals surface area contributed by atoms with Gasteiger partial charge < -0.3 is 14.8 Å². The molecule has 9 heteroatoms. The quantitative estimate of drug-likeness (QED) is 0.515. The first kappa shape index (κ1) is 25.2. The molecule has 1 N–H and O–H groups in total. The fraction of sp³-hybridized carbons (Fsp3) is 0.391. The number of hydrogen-bond donors (Lipinski definition) is 1. The number of aryl methyl sites for hydroxylation is 2. The lowest BCUT2D eigenvalue weighted by atomic mass is 10.1. The van der Waals surface area contributed by atoms with E-state index >= 15 is 0 Å². The van der Waals surface area contributed by atoms with Gasteiger partial charge in [0.1, 0.15) is 5.75 Å². The van der Waals surface area contributed by atoms with Gasteiger partial charge in [0.05, 0.1) is 30.7 Å². The summed E-state index contributed by atoms with van der Waals surface area (Å²) in [4.78, 5) is 23.8. The Hall–Kier alpha value is -3.07. The van der Waals surface area contributed by atoms with Gasteiger partial charge in [-0.3, -0.25) is 13.9 Å². The molecule has 0 aliphatic carbocycles. The van der Waals surface area contributed by atoms with Crippen molar-refractivity contribution in [3.8, 4) is 5.75 Å². The van der Waals surface area contributed by atoms with Crippen LogP contribution in [0.1, 0.15) is 30.9 Å². The van der Waals surface area contributed by atoms with Crippen LogP contribution in [0.2, 0.25) is 0 Å². The molecule has 174 valence electrons. The lowest BCUT2D eigenvalue weighted by Gasteiger charge is -2.25. The van der Waals surface area contributed by atoms with Gasteiger partial charge in [0, 0.05) is 19.5 Å². The van der Waals surface area contributed by atoms with E-state index < -0.39 is 16.0 Å². The zero-order valence-corrected chi connectivity index (χ0v) is 19.7. The van der Waals surface area contributed by atoms with Crippen molar-refractivity contribution in [1.29, 1.82) is 0 Å². The summed E-state index contributed by atoms with van der Waals surface area (Å²) in [5, 5.41) is 2.62. The Labute approximate surface area is 189 Å². The second kappa shape index (κ2) is 11.5. The van der Waals surface area contributed by atoms with Crippen LogP contribution in [0.5, 0.6) is 5.75 Å². The minimum atomic E-state index is -3.91. The maximum atomic E-state index is 13.4. The number of hydrogen-bond acceptors (Lipinski definition) is 6. The SMILES string of the molecule is CCOC(=O)CCNC(=O)CCN(c1ccc(OC)cc1)S(=O)(=O)c1ccc(C)c(C)c1. The van der Waals surface area contributed by atoms with Crippen molar-refractivity contribution in [3.63, 3.8) is 0 Å². The third-order valence-electron chi connectivity index (χ3n) is 4.93. The maximum Gasteiger partial charge on any atom is 0.307 e. The molecule has 0 aliphatic heterocycles. The first-order valence-corrected chi connectivity index (χ1v) is 11.8. The van der Waals surface area contributed by atoms with Crippen LogP contribution in [0.25, 0.3) is 0 Å². The highest BCUT2D eigenvalue weighted by atomic mass is 32.2. The molecular weight excluding hydrogens is 432 g/mol. The molecule has 8 nitrogen and oxygen atoms in total. The highest BCUT2D eigenvalue weighted by Crippen LogP contribution is 2.27. The zero-order valence-electron chi connectivity index (χ0n) is 18.9. The number of carbonyl (C=O) groups excluding carboxylic acids is 2. The molecule has 0 saturated carbocycles. The number of nitrogens with zero attached hydrogens (tertiary/aromatic N) is 1. The second-order valence-corrected chi connectivity index (χ2v) is 9.04. The summed E-state index contributed by atoms with van der Waals surface area (Å²) in [6.45, 7) is 5.81. The van der Waals surface area contributed by atoms with Gasteiger partial charge in [-0.2, -0.15) is 0 Å². The highest BCUT2D eigenvalue weighted by molar-refractivity contribution is 7.92. The first-order chi connectivity index (χ1) is 15.2. The molecular formula is C23H30N2O6S. The highest BCUT2D eigenvalue weighted by Gasteiger charge is 2.26. The van der Waals surface area contributed by atoms with Crippen molar-refractivity contribution in [2.45, 2.75) is 38.5 Å². The molecule has 0 bridgehead atoms. The van der Waals surface area contributed by atoms with E-state index in [1.165, 1.54) is 11.4 Å². The minimum absolute atomic E-state index is 0.0583. The predicted octanol–water partition coefficient (Wildman–Crippen LogP) is 2.97. The molecule has 32 heavy (non-hydrogen) atoms. The third kappa shape index (κ3) is 6.71. The topological polar surface area (TPSA) is 102 Å². The molecule has 0 saturated heterocycles. The van der Waals surface area contributed by atoms with Gasteiger partial charge in [-0.05, 0) is 68.3 Å². The smallest absolute Gasteiger partial charge is 0.307 e. The number of amides is 1. The molecule has 0 unspecified atom stereocenters. The molecule has 2 rings (SSSR count). The van der Waals surface area contributed by atoms with Crippen LogP contribution in [0.15, 0.2) is 47.4 Å². The standard InChI is InChI=1S/C23H30N2O6S/c1-5-31-23(27)12-14-24-22(26)13-15-25(19-7-9-20(30-4)10-8-19)32(28,29)21-11-6-17(2)18(3)16-21/h6-11,16H,5,12-15H2,1-4H3,(H,24,26). The molecule has 0 spiro atoms. The number of carbonyl (C=O) groups is 2. The fourth-order valence-electron chi connectivity index (χ4n) is 2.97. The van der Waals surface area contributed by atoms with Crippen molar-refractivity contribution in [2.24, 2.45) is 0 Å². The maximum absolute atomic E-state index is 13.4. The molecule has 0 heterocycles. The van der Waals surface area contributed by atoms with E-state index in [1.54, 1.807) is 49.4 Å². The molecule has 0 aromatic heterocycles. The number of anilines is 1. The van der Waals surface area contributed by atoms with Gasteiger partial charge >= 0.3 is 5.97 Å². The van der Waals surface area contributed by atoms with E-state index in [0.717, 1.165) is 11.1 Å². The lowest BCUT2D eigenvalue weighted by molar-refractivity contribution is -0.143. The second-order valence-electron chi connectivity index (χ2n) is 7.18. The lowest BCUT2D eigenvalue weighted by Crippen LogP contribution is -2.36. The number of esters is 1. The van der Waals surface area contributed by atoms with E-state index in [4.69, 9.17) is 9.47 Å². The average molecular weight is 463 g/mol. The number of ether oxygens (including phenoxy) is 2. The van der Waals surface area contributed by atoms with Crippen LogP contribution >= 0.6 is 0 Å². The molecule has 0 aliphatic rings. The Balaban J connectivity index is 2.20. The van der Waals surface area contributed by atoms with Crippen LogP contribution in [-0.4, -0.2) is 47.1 Å². The van der Waals surface area contributed by atoms with Crippen molar-refractivity contribution < 1.29 is 27.5 Å². The van der Waals surface area contributed by atoms with E-state index in [1.807, 2.05) is 13.8 Å². The Morgan fingerprint density at radius 1 is 1.00 bits per heavy atom. The van der Waals surface area contributed by atoms with Gasteiger partial charge in [-0.15, -0.1) is 0 Å². The van der Waals surface area contributed by atoms with Gasteiger partial charge in [-0.1, -0.05) is 6.07 Å². The average Bonchev–Trinajstić information content (AvgIpc) is 2.76. The summed E-state index contributed by atoms with van der Waals surface area (Å²) in [5.74, 6) is -0.165. The van der Waals surface area contributed by atoms with Gasteiger partial charge in [0.25, 0.3) is 10.0 Å². The molecule has 2 aromatic carbocycles. The third-order valence-corrected chi connectivity index (χ3v) is 6.75. The van der Waals surface area contributed by atoms with Crippen molar-refractivity contribution in [2.75, 3.05) is 31.1 Å². The van der Waals surface area contributed by atoms with E-state index in [0.29, 0.717) is 11.4 Å². The normalized spacial score (nSPS) is 11.0. The largest absolute Gasteiger partial charge is 0.497 e. The zero-order chi connectivity index (χ0) is 23.7. The Kier molecular flexibility index (Phi) is 9.07. The number of rotatable bonds is 11. The van der Waals surface area contributed by atoms with Gasteiger partial charge in [-0.25, -0.2) is 8.42 Å². The molecule has 1 amide bonds. The predicted molar refractivity (Wildman–Crippen MR) is 122 cm³/mol. The number of sulfonamides is 1. The summed E-state index contributed by atoms with van der Waals surface area (Å²) in [6.07, 6.45) is -0.0123. The number of methoxy groups -OCH3 is 1. The van der Waals surface area contributed by atoms with Crippen LogP contribution < -0.4 is 14.4 Å². The molecule has 0 atom stereocenters. The summed E-state index contributed by atoms with van der Waals surface area (Å²) < 4.78 is 38.1. The van der Waals surface area contributed by atoms with E-state index in [2.05, 4.69) is 5.32 Å². The first-order valence-electron chi connectivity index (χ1n) is 10.4. The number of benzene rings is 2. The van der Waals surface area contributed by atoms with Crippen molar-refractivity contribution in [1.82, 2.24) is 5.32 Å². The van der Waals surface area contributed by atoms with Gasteiger partial charge in [0.2, 0.25) is 5.91 Å². The summed E-state index contributed by atoms with van der Waals surface area (Å²) in [5.41, 5.74) is 2.27. The van der Waals surface area contributed by atoms with Crippen LogP contribution in [-0.2, 0) is 24.3 Å². The summed E-state index contributed by atoms with van der Waals surface area (Å²) in [7, 11) is -2.38. The Morgan fingerprint density at radius 2 is 1.69 bits per heavy atom. The van der Waals surface area contributed by atoms with Crippen molar-refractivity contribution >= 4 is 27.6 Å². The van der Waals surface area contributed by atoms with Crippen LogP contribution in [0, 0.1) is 13.8 Å². The Bertz CT molecular complexity index is 1030. The van der Waals surface area contributed by atoms with Crippen LogP contribution in [0.3, 0.4) is 0 Å². The van der Waals surface area contributed by atoms with Crippen LogP contribution in [0.4, 0.5) is 5.69 Å². The number of nitrogens with one attached hydrogen (secondary N) is 1. The molecule has 2 aromatic rings. The van der Waals surface area contributed by atoms with E-state index in [-0.39, 0.29) is 43.3 Å². The molecule has 0 radical (unpaired) electrons. The summed E-state index contributed by atoms with van der Waals surface area (Å²) >= 11 is 0. The van der Waals surface area contributed by atoms with E-state index in [9.17, 15) is 18.0 Å². The summed E-state index contributed by atoms with van der Waals surface area (Å²) in [6, 6.07) is 11.5. The van der Waals surface area contributed by atoms with Gasteiger partial charge in [0.15, 0.2) is 0 Å². The Morgan fingerprint density at radius 3 is 2.28 bits per heavy atom. The molecule has 0 fully saturated rings. The van der Waals surface area contributed by atoms with Crippen molar-refractivity contribution in [3.05, 3.63) is 53.6 Å². The monoisotopic (exact) mass is 462 g/mol.